The number of rotatable bonds is 5. The predicted molar refractivity (Wildman–Crippen MR) is 90.2 cm³/mol. The Bertz CT molecular complexity index is 639. The smallest absolute Gasteiger partial charge is 0.226 e. The summed E-state index contributed by atoms with van der Waals surface area (Å²) in [5.74, 6) is 0.0438. The number of likely N-dealkylation sites (N-methyl/N-ethyl adjacent to an activating group) is 1. The Morgan fingerprint density at radius 3 is 2.95 bits per heavy atom. The van der Waals surface area contributed by atoms with Gasteiger partial charge in [-0.1, -0.05) is 37.3 Å². The van der Waals surface area contributed by atoms with Gasteiger partial charge in [-0.15, -0.1) is 11.3 Å². The second-order valence-electron chi connectivity index (χ2n) is 5.54. The Hall–Kier alpha value is -1.72. The zero-order valence-corrected chi connectivity index (χ0v) is 13.7. The van der Waals surface area contributed by atoms with Gasteiger partial charge in [-0.3, -0.25) is 9.69 Å². The minimum absolute atomic E-state index is 0.0438. The van der Waals surface area contributed by atoms with Gasteiger partial charge in [-0.25, -0.2) is 4.98 Å². The van der Waals surface area contributed by atoms with E-state index < -0.39 is 0 Å². The van der Waals surface area contributed by atoms with Gasteiger partial charge >= 0.3 is 0 Å². The van der Waals surface area contributed by atoms with Crippen LogP contribution in [0, 0.1) is 0 Å². The summed E-state index contributed by atoms with van der Waals surface area (Å²) in [5, 5.41) is 3.70. The normalized spacial score (nSPS) is 14.6. The lowest BCUT2D eigenvalue weighted by molar-refractivity contribution is -0.116. The molecule has 0 bridgehead atoms. The van der Waals surface area contributed by atoms with Gasteiger partial charge in [0.15, 0.2) is 5.13 Å². The molecule has 5 heteroatoms. The summed E-state index contributed by atoms with van der Waals surface area (Å²) in [4.78, 5) is 20.3. The quantitative estimate of drug-likeness (QED) is 0.922. The second kappa shape index (κ2) is 7.03. The predicted octanol–water partition coefficient (Wildman–Crippen LogP) is 3.09. The average Bonchev–Trinajstić information content (AvgIpc) is 2.95. The van der Waals surface area contributed by atoms with Gasteiger partial charge < -0.3 is 5.32 Å². The Morgan fingerprint density at radius 2 is 2.18 bits per heavy atom. The van der Waals surface area contributed by atoms with Crippen LogP contribution in [0.25, 0.3) is 0 Å². The number of nitrogens with zero attached hydrogens (tertiary/aromatic N) is 2. The molecule has 1 N–H and O–H groups in total. The molecule has 4 nitrogen and oxygen atoms in total. The fourth-order valence-corrected chi connectivity index (χ4v) is 3.72. The molecule has 116 valence electrons. The van der Waals surface area contributed by atoms with E-state index in [2.05, 4.69) is 34.3 Å². The highest BCUT2D eigenvalue weighted by molar-refractivity contribution is 7.15. The van der Waals surface area contributed by atoms with Crippen molar-refractivity contribution in [2.75, 3.05) is 18.4 Å². The van der Waals surface area contributed by atoms with E-state index >= 15 is 0 Å². The van der Waals surface area contributed by atoms with Crippen LogP contribution in [0.3, 0.4) is 0 Å². The minimum atomic E-state index is 0.0438. The first-order valence-electron chi connectivity index (χ1n) is 7.79. The molecule has 2 aromatic rings. The van der Waals surface area contributed by atoms with Crippen molar-refractivity contribution in [3.63, 3.8) is 0 Å². The molecule has 0 spiro atoms. The number of hydrogen-bond donors (Lipinski definition) is 1. The molecule has 0 unspecified atom stereocenters. The number of anilines is 1. The van der Waals surface area contributed by atoms with Crippen LogP contribution in [0.1, 0.15) is 29.5 Å². The molecule has 22 heavy (non-hydrogen) atoms. The number of aromatic nitrogens is 1. The standard InChI is InChI=1S/C17H21N3OS/c1-2-20-11-10-14-15(12-20)22-17(18-14)19-16(21)9-8-13-6-4-3-5-7-13/h3-7H,2,8-12H2,1H3,(H,18,19,21). The topological polar surface area (TPSA) is 45.2 Å². The molecule has 0 saturated carbocycles. The van der Waals surface area contributed by atoms with Gasteiger partial charge in [0.2, 0.25) is 5.91 Å². The van der Waals surface area contributed by atoms with Gasteiger partial charge in [0.05, 0.1) is 5.69 Å². The lowest BCUT2D eigenvalue weighted by atomic mass is 10.1. The van der Waals surface area contributed by atoms with Crippen LogP contribution in [-0.2, 0) is 24.2 Å². The van der Waals surface area contributed by atoms with E-state index in [0.717, 1.165) is 43.3 Å². The van der Waals surface area contributed by atoms with Gasteiger partial charge in [0.1, 0.15) is 0 Å². The maximum Gasteiger partial charge on any atom is 0.226 e. The molecule has 0 fully saturated rings. The molecule has 1 aliphatic rings. The number of hydrogen-bond acceptors (Lipinski definition) is 4. The zero-order valence-electron chi connectivity index (χ0n) is 12.8. The molecule has 0 atom stereocenters. The van der Waals surface area contributed by atoms with Crippen molar-refractivity contribution >= 4 is 22.4 Å². The van der Waals surface area contributed by atoms with E-state index in [1.54, 1.807) is 11.3 Å². The van der Waals surface area contributed by atoms with Crippen molar-refractivity contribution in [2.24, 2.45) is 0 Å². The minimum Gasteiger partial charge on any atom is -0.302 e. The summed E-state index contributed by atoms with van der Waals surface area (Å²) in [6, 6.07) is 10.1. The first kappa shape index (κ1) is 15.2. The summed E-state index contributed by atoms with van der Waals surface area (Å²) in [6.45, 7) is 5.27. The molecule has 1 amide bonds. The van der Waals surface area contributed by atoms with E-state index in [-0.39, 0.29) is 5.91 Å². The van der Waals surface area contributed by atoms with E-state index in [0.29, 0.717) is 6.42 Å². The number of thiazole rings is 1. The molecule has 1 aliphatic heterocycles. The van der Waals surface area contributed by atoms with Crippen molar-refractivity contribution in [3.05, 3.63) is 46.5 Å². The number of amides is 1. The maximum absolute atomic E-state index is 12.1. The van der Waals surface area contributed by atoms with Crippen molar-refractivity contribution in [1.29, 1.82) is 0 Å². The molecule has 0 radical (unpaired) electrons. The van der Waals surface area contributed by atoms with E-state index in [1.807, 2.05) is 18.2 Å². The molecule has 2 heterocycles. The van der Waals surface area contributed by atoms with Gasteiger partial charge in [0, 0.05) is 30.8 Å². The number of carbonyl (C=O) groups excluding carboxylic acids is 1. The van der Waals surface area contributed by atoms with Gasteiger partial charge in [-0.05, 0) is 18.5 Å². The second-order valence-corrected chi connectivity index (χ2v) is 6.63. The molecular weight excluding hydrogens is 294 g/mol. The van der Waals surface area contributed by atoms with E-state index in [1.165, 1.54) is 10.4 Å². The third-order valence-electron chi connectivity index (χ3n) is 3.99. The molecule has 3 rings (SSSR count). The highest BCUT2D eigenvalue weighted by Gasteiger charge is 2.20. The summed E-state index contributed by atoms with van der Waals surface area (Å²) in [7, 11) is 0. The van der Waals surface area contributed by atoms with E-state index in [9.17, 15) is 4.79 Å². The maximum atomic E-state index is 12.1. The molecule has 0 saturated heterocycles. The Balaban J connectivity index is 1.55. The summed E-state index contributed by atoms with van der Waals surface area (Å²) in [6.07, 6.45) is 2.25. The fourth-order valence-electron chi connectivity index (χ4n) is 2.66. The average molecular weight is 315 g/mol. The van der Waals surface area contributed by atoms with Crippen molar-refractivity contribution < 1.29 is 4.79 Å². The third kappa shape index (κ3) is 3.72. The van der Waals surface area contributed by atoms with Crippen LogP contribution in [0.2, 0.25) is 0 Å². The molecular formula is C17H21N3OS. The monoisotopic (exact) mass is 315 g/mol. The number of carbonyl (C=O) groups is 1. The van der Waals surface area contributed by atoms with Crippen LogP contribution in [0.4, 0.5) is 5.13 Å². The number of benzene rings is 1. The number of nitrogens with one attached hydrogen (secondary N) is 1. The zero-order chi connectivity index (χ0) is 15.4. The highest BCUT2D eigenvalue weighted by Crippen LogP contribution is 2.28. The van der Waals surface area contributed by atoms with Crippen molar-refractivity contribution in [1.82, 2.24) is 9.88 Å². The van der Waals surface area contributed by atoms with Crippen LogP contribution in [-0.4, -0.2) is 28.9 Å². The van der Waals surface area contributed by atoms with Crippen molar-refractivity contribution in [2.45, 2.75) is 32.7 Å². The first-order valence-corrected chi connectivity index (χ1v) is 8.61. The van der Waals surface area contributed by atoms with Crippen LogP contribution < -0.4 is 5.32 Å². The SMILES string of the molecule is CCN1CCc2nc(NC(=O)CCc3ccccc3)sc2C1. The number of fused-ring (bicyclic) bond motifs is 1. The van der Waals surface area contributed by atoms with Gasteiger partial charge in [-0.2, -0.15) is 0 Å². The molecule has 1 aromatic heterocycles. The van der Waals surface area contributed by atoms with Gasteiger partial charge in [0.25, 0.3) is 0 Å². The summed E-state index contributed by atoms with van der Waals surface area (Å²) >= 11 is 1.62. The fraction of sp³-hybridized carbons (Fsp3) is 0.412. The lowest BCUT2D eigenvalue weighted by Crippen LogP contribution is -2.29. The molecule has 0 aliphatic carbocycles. The Morgan fingerprint density at radius 1 is 1.36 bits per heavy atom. The number of aryl methyl sites for hydroxylation is 1. The van der Waals surface area contributed by atoms with E-state index in [4.69, 9.17) is 0 Å². The molecule has 1 aromatic carbocycles. The van der Waals surface area contributed by atoms with Crippen LogP contribution in [0.15, 0.2) is 30.3 Å². The largest absolute Gasteiger partial charge is 0.302 e. The Kier molecular flexibility index (Phi) is 4.85. The lowest BCUT2D eigenvalue weighted by Gasteiger charge is -2.23. The van der Waals surface area contributed by atoms with Crippen molar-refractivity contribution in [3.8, 4) is 0 Å². The van der Waals surface area contributed by atoms with Crippen LogP contribution >= 0.6 is 11.3 Å². The Labute approximate surface area is 135 Å². The first-order chi connectivity index (χ1) is 10.7. The summed E-state index contributed by atoms with van der Waals surface area (Å²) < 4.78 is 0. The van der Waals surface area contributed by atoms with Crippen LogP contribution in [0.5, 0.6) is 0 Å². The highest BCUT2D eigenvalue weighted by atomic mass is 32.1. The summed E-state index contributed by atoms with van der Waals surface area (Å²) in [5.41, 5.74) is 2.35. The third-order valence-corrected chi connectivity index (χ3v) is 4.99.